The molecule has 6 N–H and O–H groups in total. The van der Waals surface area contributed by atoms with E-state index in [0.717, 1.165) is 19.0 Å². The highest BCUT2D eigenvalue weighted by molar-refractivity contribution is 5.94. The van der Waals surface area contributed by atoms with E-state index >= 15 is 0 Å². The van der Waals surface area contributed by atoms with E-state index < -0.39 is 16.9 Å². The number of pyridine rings is 1. The zero-order valence-electron chi connectivity index (χ0n) is 23.3. The molecule has 0 bridgehead atoms. The molecular formula is C30H35N5O7. The van der Waals surface area contributed by atoms with Crippen molar-refractivity contribution in [2.24, 2.45) is 17.6 Å². The van der Waals surface area contributed by atoms with E-state index in [1.807, 2.05) is 0 Å². The Morgan fingerprint density at radius 1 is 1.10 bits per heavy atom. The minimum Gasteiger partial charge on any atom is -0.480 e. The number of aromatic nitrogens is 1. The van der Waals surface area contributed by atoms with Crippen molar-refractivity contribution in [2.45, 2.75) is 45.1 Å². The lowest BCUT2D eigenvalue weighted by atomic mass is 9.81. The van der Waals surface area contributed by atoms with Gasteiger partial charge in [0.05, 0.1) is 4.92 Å². The van der Waals surface area contributed by atoms with Crippen molar-refractivity contribution in [1.29, 1.82) is 0 Å². The lowest BCUT2D eigenvalue weighted by Crippen LogP contribution is -2.45. The topological polar surface area (TPSA) is 201 Å². The van der Waals surface area contributed by atoms with Gasteiger partial charge in [-0.3, -0.25) is 19.7 Å². The Bertz CT molecular complexity index is 1370. The van der Waals surface area contributed by atoms with Crippen LogP contribution in [0.3, 0.4) is 0 Å². The van der Waals surface area contributed by atoms with Crippen molar-refractivity contribution in [3.8, 4) is 11.6 Å². The molecule has 222 valence electrons. The van der Waals surface area contributed by atoms with Crippen molar-refractivity contribution < 1.29 is 29.2 Å². The number of carbonyl (C=O) groups excluding carboxylic acids is 2. The normalized spacial score (nSPS) is 16.7. The molecule has 1 aliphatic rings. The summed E-state index contributed by atoms with van der Waals surface area (Å²) in [5, 5.41) is 23.0. The monoisotopic (exact) mass is 577 g/mol. The number of ketones is 1. The summed E-state index contributed by atoms with van der Waals surface area (Å²) < 4.78 is 5.61. The second kappa shape index (κ2) is 15.2. The standard InChI is InChI=1S/C22H26N4O6.C8H9NO/c23-12-14-4-6-16(7-5-14)21(27)25-19(22(28)29)11-15-2-1-3-18(10-15)32-20-9-8-17(13-24-20)26(30)31;1-6(10)7-2-4-8(9)5-3-7/h1-3,8-10,13-14,16,19H,4-7,11-12,23H2,(H,25,27)(H,28,29);2-5H,9H2,1H3/t14?,16?,19-;/m0./s1. The fourth-order valence-electron chi connectivity index (χ4n) is 4.50. The predicted octanol–water partition coefficient (Wildman–Crippen LogP) is 4.13. The van der Waals surface area contributed by atoms with Gasteiger partial charge in [-0.1, -0.05) is 12.1 Å². The number of ether oxygens (including phenoxy) is 1. The van der Waals surface area contributed by atoms with E-state index in [1.165, 1.54) is 19.1 Å². The summed E-state index contributed by atoms with van der Waals surface area (Å²) in [5.41, 5.74) is 13.0. The summed E-state index contributed by atoms with van der Waals surface area (Å²) in [5.74, 6) is -0.471. The van der Waals surface area contributed by atoms with Crippen molar-refractivity contribution in [1.82, 2.24) is 10.3 Å². The van der Waals surface area contributed by atoms with E-state index in [9.17, 15) is 29.6 Å². The number of nitrogens with two attached hydrogens (primary N) is 2. The van der Waals surface area contributed by atoms with Gasteiger partial charge >= 0.3 is 5.97 Å². The molecule has 1 amide bonds. The van der Waals surface area contributed by atoms with Crippen LogP contribution in [-0.4, -0.2) is 45.3 Å². The molecule has 12 nitrogen and oxygen atoms in total. The molecule has 1 aromatic heterocycles. The SMILES string of the molecule is CC(=O)c1ccc(N)cc1.NCC1CCC(C(=O)N[C@@H](Cc2cccc(Oc3ccc([N+](=O)[O-])cn3)c2)C(=O)O)CC1. The summed E-state index contributed by atoms with van der Waals surface area (Å²) in [4.78, 5) is 49.1. The summed E-state index contributed by atoms with van der Waals surface area (Å²) in [6.45, 7) is 2.14. The van der Waals surface area contributed by atoms with Gasteiger partial charge in [-0.25, -0.2) is 9.78 Å². The largest absolute Gasteiger partial charge is 0.480 e. The lowest BCUT2D eigenvalue weighted by Gasteiger charge is -2.27. The number of amides is 1. The minimum atomic E-state index is -1.11. The summed E-state index contributed by atoms with van der Waals surface area (Å²) in [7, 11) is 0. The molecule has 42 heavy (non-hydrogen) atoms. The minimum absolute atomic E-state index is 0.0694. The number of carboxylic acids is 1. The van der Waals surface area contributed by atoms with E-state index in [-0.39, 0.29) is 35.6 Å². The number of benzene rings is 2. The number of anilines is 1. The number of Topliss-reactive ketones (excluding diaryl/α,β-unsaturated/α-hetero) is 1. The lowest BCUT2D eigenvalue weighted by molar-refractivity contribution is -0.385. The highest BCUT2D eigenvalue weighted by atomic mass is 16.6. The molecule has 1 aliphatic carbocycles. The first-order chi connectivity index (χ1) is 20.0. The molecule has 12 heteroatoms. The Morgan fingerprint density at radius 3 is 2.33 bits per heavy atom. The van der Waals surface area contributed by atoms with Gasteiger partial charge in [0.25, 0.3) is 5.69 Å². The van der Waals surface area contributed by atoms with Crippen LogP contribution in [0.25, 0.3) is 0 Å². The Balaban J connectivity index is 0.000000408. The molecule has 3 aromatic rings. The number of nitrogens with zero attached hydrogens (tertiary/aromatic N) is 2. The van der Waals surface area contributed by atoms with Crippen LogP contribution in [0.5, 0.6) is 11.6 Å². The van der Waals surface area contributed by atoms with Crippen LogP contribution in [0, 0.1) is 22.0 Å². The van der Waals surface area contributed by atoms with Gasteiger partial charge < -0.3 is 26.6 Å². The number of nitrogens with one attached hydrogen (secondary N) is 1. The van der Waals surface area contributed by atoms with E-state index in [2.05, 4.69) is 10.3 Å². The Morgan fingerprint density at radius 2 is 1.79 bits per heavy atom. The third kappa shape index (κ3) is 9.66. The molecular weight excluding hydrogens is 542 g/mol. The molecule has 0 radical (unpaired) electrons. The number of hydrogen-bond acceptors (Lipinski definition) is 9. The second-order valence-electron chi connectivity index (χ2n) is 10.1. The van der Waals surface area contributed by atoms with Crippen molar-refractivity contribution in [3.05, 3.63) is 88.1 Å². The van der Waals surface area contributed by atoms with Gasteiger partial charge in [0.2, 0.25) is 11.8 Å². The highest BCUT2D eigenvalue weighted by Crippen LogP contribution is 2.28. The molecule has 0 unspecified atom stereocenters. The molecule has 0 spiro atoms. The zero-order valence-corrected chi connectivity index (χ0v) is 23.3. The number of rotatable bonds is 10. The molecule has 1 fully saturated rings. The number of carbonyl (C=O) groups is 3. The zero-order chi connectivity index (χ0) is 30.6. The van der Waals surface area contributed by atoms with Gasteiger partial charge in [-0.15, -0.1) is 0 Å². The summed E-state index contributed by atoms with van der Waals surface area (Å²) in [6, 6.07) is 15.2. The third-order valence-electron chi connectivity index (χ3n) is 6.97. The van der Waals surface area contributed by atoms with Crippen LogP contribution in [0.15, 0.2) is 66.9 Å². The number of hydrogen-bond donors (Lipinski definition) is 4. The Kier molecular flexibility index (Phi) is 11.5. The summed E-state index contributed by atoms with van der Waals surface area (Å²) in [6.07, 6.45) is 4.36. The van der Waals surface area contributed by atoms with Crippen LogP contribution in [0.1, 0.15) is 48.5 Å². The van der Waals surface area contributed by atoms with Crippen molar-refractivity contribution in [3.63, 3.8) is 0 Å². The smallest absolute Gasteiger partial charge is 0.326 e. The van der Waals surface area contributed by atoms with E-state index in [0.29, 0.717) is 47.9 Å². The maximum Gasteiger partial charge on any atom is 0.326 e. The van der Waals surface area contributed by atoms with Gasteiger partial charge in [0.1, 0.15) is 18.0 Å². The van der Waals surface area contributed by atoms with E-state index in [4.69, 9.17) is 16.2 Å². The highest BCUT2D eigenvalue weighted by Gasteiger charge is 2.29. The molecule has 4 rings (SSSR count). The Hall–Kier alpha value is -4.84. The van der Waals surface area contributed by atoms with Gasteiger partial charge in [-0.05, 0) is 87.0 Å². The molecule has 1 saturated carbocycles. The third-order valence-corrected chi connectivity index (χ3v) is 6.97. The molecule has 1 heterocycles. The first-order valence-electron chi connectivity index (χ1n) is 13.5. The number of nitro groups is 1. The number of aliphatic carboxylic acids is 1. The Labute approximate surface area is 243 Å². The number of nitrogen functional groups attached to an aromatic ring is 1. The second-order valence-corrected chi connectivity index (χ2v) is 10.1. The predicted molar refractivity (Wildman–Crippen MR) is 156 cm³/mol. The fourth-order valence-corrected chi connectivity index (χ4v) is 4.50. The fraction of sp³-hybridized carbons (Fsp3) is 0.333. The number of carboxylic acid groups (broad SMARTS) is 1. The average Bonchev–Trinajstić information content (AvgIpc) is 2.98. The van der Waals surface area contributed by atoms with Crippen LogP contribution in [-0.2, 0) is 16.0 Å². The molecule has 1 atom stereocenters. The van der Waals surface area contributed by atoms with Crippen molar-refractivity contribution in [2.75, 3.05) is 12.3 Å². The van der Waals surface area contributed by atoms with Gasteiger partial charge in [0.15, 0.2) is 5.78 Å². The van der Waals surface area contributed by atoms with Gasteiger partial charge in [-0.2, -0.15) is 0 Å². The van der Waals surface area contributed by atoms with Crippen LogP contribution in [0.4, 0.5) is 11.4 Å². The van der Waals surface area contributed by atoms with Crippen LogP contribution < -0.4 is 21.5 Å². The quantitative estimate of drug-likeness (QED) is 0.117. The molecule has 0 saturated heterocycles. The first-order valence-corrected chi connectivity index (χ1v) is 13.5. The summed E-state index contributed by atoms with van der Waals surface area (Å²) >= 11 is 0. The van der Waals surface area contributed by atoms with Crippen LogP contribution in [0.2, 0.25) is 0 Å². The van der Waals surface area contributed by atoms with Crippen molar-refractivity contribution >= 4 is 29.0 Å². The van der Waals surface area contributed by atoms with Gasteiger partial charge in [0, 0.05) is 35.7 Å². The van der Waals surface area contributed by atoms with Crippen LogP contribution >= 0.6 is 0 Å². The molecule has 0 aliphatic heterocycles. The molecule has 2 aromatic carbocycles. The maximum absolute atomic E-state index is 12.6. The average molecular weight is 578 g/mol. The first kappa shape index (κ1) is 31.7. The van der Waals surface area contributed by atoms with E-state index in [1.54, 1.807) is 48.5 Å². The maximum atomic E-state index is 12.6.